The van der Waals surface area contributed by atoms with Crippen LogP contribution < -0.4 is 4.90 Å². The van der Waals surface area contributed by atoms with E-state index in [0.29, 0.717) is 18.8 Å². The van der Waals surface area contributed by atoms with Crippen molar-refractivity contribution in [1.82, 2.24) is 0 Å². The number of allylic oxidation sites excluding steroid dienone is 6. The monoisotopic (exact) mass is 470 g/mol. The van der Waals surface area contributed by atoms with Gasteiger partial charge in [0.25, 0.3) is 0 Å². The van der Waals surface area contributed by atoms with Crippen LogP contribution in [0.25, 0.3) is 6.08 Å². The van der Waals surface area contributed by atoms with E-state index < -0.39 is 5.60 Å². The van der Waals surface area contributed by atoms with Gasteiger partial charge in [0.05, 0.1) is 13.2 Å². The SMILES string of the molecule is COCCN(CCOC)c1ccc(/C=C/C=C/C=C/C2=C(C#N)C(=C(C#N)C#N)OC2(C)C)cc1. The average molecular weight is 471 g/mol. The van der Waals surface area contributed by atoms with Gasteiger partial charge in [0, 0.05) is 38.6 Å². The van der Waals surface area contributed by atoms with Crippen molar-refractivity contribution in [2.45, 2.75) is 19.4 Å². The zero-order valence-corrected chi connectivity index (χ0v) is 20.6. The van der Waals surface area contributed by atoms with Crippen molar-refractivity contribution in [3.05, 3.63) is 82.7 Å². The second-order valence-electron chi connectivity index (χ2n) is 8.11. The molecule has 2 rings (SSSR count). The number of hydrogen-bond acceptors (Lipinski definition) is 7. The lowest BCUT2D eigenvalue weighted by molar-refractivity contribution is 0.0954. The van der Waals surface area contributed by atoms with Crippen molar-refractivity contribution in [3.63, 3.8) is 0 Å². The Morgan fingerprint density at radius 3 is 2.00 bits per heavy atom. The molecule has 0 unspecified atom stereocenters. The number of ether oxygens (including phenoxy) is 3. The van der Waals surface area contributed by atoms with E-state index in [1.807, 2.05) is 24.3 Å². The highest BCUT2D eigenvalue weighted by Gasteiger charge is 2.38. The number of benzene rings is 1. The lowest BCUT2D eigenvalue weighted by Gasteiger charge is -2.24. The summed E-state index contributed by atoms with van der Waals surface area (Å²) in [4.78, 5) is 2.22. The molecule has 0 saturated carbocycles. The number of methoxy groups -OCH3 is 2. The predicted molar refractivity (Wildman–Crippen MR) is 136 cm³/mol. The summed E-state index contributed by atoms with van der Waals surface area (Å²) >= 11 is 0. The number of nitrogens with zero attached hydrogens (tertiary/aromatic N) is 4. The van der Waals surface area contributed by atoms with E-state index in [1.165, 1.54) is 0 Å². The van der Waals surface area contributed by atoms with Crippen molar-refractivity contribution in [1.29, 1.82) is 15.8 Å². The molecule has 1 aliphatic rings. The van der Waals surface area contributed by atoms with Gasteiger partial charge in [-0.3, -0.25) is 0 Å². The van der Waals surface area contributed by atoms with Crippen LogP contribution in [0.2, 0.25) is 0 Å². The van der Waals surface area contributed by atoms with E-state index in [-0.39, 0.29) is 16.9 Å². The number of anilines is 1. The van der Waals surface area contributed by atoms with Gasteiger partial charge in [0.15, 0.2) is 11.3 Å². The summed E-state index contributed by atoms with van der Waals surface area (Å²) in [5.74, 6) is 0.0393. The molecule has 0 aliphatic carbocycles. The van der Waals surface area contributed by atoms with Gasteiger partial charge in [-0.15, -0.1) is 0 Å². The Bertz CT molecular complexity index is 1130. The molecule has 7 heteroatoms. The average Bonchev–Trinajstić information content (AvgIpc) is 3.12. The van der Waals surface area contributed by atoms with Crippen molar-refractivity contribution in [3.8, 4) is 18.2 Å². The number of hydrogen-bond donors (Lipinski definition) is 0. The lowest BCUT2D eigenvalue weighted by Crippen LogP contribution is -2.30. The Balaban J connectivity index is 2.09. The molecule has 7 nitrogen and oxygen atoms in total. The molecule has 0 amide bonds. The molecule has 0 saturated heterocycles. The second-order valence-corrected chi connectivity index (χ2v) is 8.11. The maximum Gasteiger partial charge on any atom is 0.172 e. The van der Waals surface area contributed by atoms with Gasteiger partial charge in [0.1, 0.15) is 29.4 Å². The predicted octanol–water partition coefficient (Wildman–Crippen LogP) is 4.84. The van der Waals surface area contributed by atoms with Crippen LogP contribution in [0, 0.1) is 34.0 Å². The summed E-state index contributed by atoms with van der Waals surface area (Å²) in [5, 5.41) is 27.9. The molecule has 0 atom stereocenters. The van der Waals surface area contributed by atoms with Gasteiger partial charge in [-0.05, 0) is 31.5 Å². The summed E-state index contributed by atoms with van der Waals surface area (Å²) in [6.45, 7) is 6.47. The van der Waals surface area contributed by atoms with Gasteiger partial charge in [-0.25, -0.2) is 0 Å². The minimum Gasteiger partial charge on any atom is -0.480 e. The first-order chi connectivity index (χ1) is 16.9. The van der Waals surface area contributed by atoms with Gasteiger partial charge < -0.3 is 19.1 Å². The van der Waals surface area contributed by atoms with Gasteiger partial charge in [-0.2, -0.15) is 15.8 Å². The van der Waals surface area contributed by atoms with Crippen molar-refractivity contribution in [2.24, 2.45) is 0 Å². The molecule has 1 aliphatic heterocycles. The van der Waals surface area contributed by atoms with Gasteiger partial charge >= 0.3 is 0 Å². The highest BCUT2D eigenvalue weighted by Crippen LogP contribution is 2.40. The van der Waals surface area contributed by atoms with Crippen molar-refractivity contribution in [2.75, 3.05) is 45.4 Å². The zero-order valence-electron chi connectivity index (χ0n) is 20.6. The van der Waals surface area contributed by atoms with Crippen molar-refractivity contribution < 1.29 is 14.2 Å². The summed E-state index contributed by atoms with van der Waals surface area (Å²) in [5.41, 5.74) is 1.98. The third-order valence-electron chi connectivity index (χ3n) is 5.34. The largest absolute Gasteiger partial charge is 0.480 e. The third kappa shape index (κ3) is 7.45. The first kappa shape index (κ1) is 27.2. The Morgan fingerprint density at radius 1 is 0.914 bits per heavy atom. The fourth-order valence-corrected chi connectivity index (χ4v) is 3.50. The quantitative estimate of drug-likeness (QED) is 0.337. The molecule has 1 heterocycles. The Kier molecular flexibility index (Phi) is 10.5. The summed E-state index contributed by atoms with van der Waals surface area (Å²) < 4.78 is 16.2. The van der Waals surface area contributed by atoms with Gasteiger partial charge in [0.2, 0.25) is 0 Å². The summed E-state index contributed by atoms with van der Waals surface area (Å²) in [7, 11) is 3.39. The topological polar surface area (TPSA) is 102 Å². The van der Waals surface area contributed by atoms with Crippen LogP contribution in [0.5, 0.6) is 0 Å². The Hall–Kier alpha value is -4.09. The molecule has 0 N–H and O–H groups in total. The molecule has 35 heavy (non-hydrogen) atoms. The van der Waals surface area contributed by atoms with Crippen LogP contribution >= 0.6 is 0 Å². The smallest absolute Gasteiger partial charge is 0.172 e. The van der Waals surface area contributed by atoms with E-state index in [2.05, 4.69) is 35.2 Å². The second kappa shape index (κ2) is 13.6. The molecular weight excluding hydrogens is 440 g/mol. The van der Waals surface area contributed by atoms with Crippen LogP contribution in [0.1, 0.15) is 19.4 Å². The molecule has 0 radical (unpaired) electrons. The van der Waals surface area contributed by atoms with E-state index in [1.54, 1.807) is 52.4 Å². The first-order valence-corrected chi connectivity index (χ1v) is 11.1. The van der Waals surface area contributed by atoms with E-state index in [0.717, 1.165) is 24.3 Å². The molecule has 1 aromatic carbocycles. The molecule has 0 spiro atoms. The lowest BCUT2D eigenvalue weighted by atomic mass is 9.95. The van der Waals surface area contributed by atoms with Crippen LogP contribution in [-0.2, 0) is 14.2 Å². The number of rotatable bonds is 11. The minimum absolute atomic E-state index is 0.0393. The highest BCUT2D eigenvalue weighted by atomic mass is 16.5. The maximum atomic E-state index is 9.57. The fourth-order valence-electron chi connectivity index (χ4n) is 3.50. The Labute approximate surface area is 207 Å². The molecule has 0 bridgehead atoms. The van der Waals surface area contributed by atoms with Gasteiger partial charge in [-0.1, -0.05) is 48.6 Å². The molecular formula is C28H30N4O3. The molecule has 180 valence electrons. The highest BCUT2D eigenvalue weighted by molar-refractivity contribution is 5.60. The first-order valence-electron chi connectivity index (χ1n) is 11.1. The normalized spacial score (nSPS) is 14.8. The summed E-state index contributed by atoms with van der Waals surface area (Å²) in [6.07, 6.45) is 11.2. The van der Waals surface area contributed by atoms with Crippen LogP contribution in [-0.4, -0.2) is 46.1 Å². The maximum absolute atomic E-state index is 9.57. The van der Waals surface area contributed by atoms with Crippen LogP contribution in [0.3, 0.4) is 0 Å². The third-order valence-corrected chi connectivity index (χ3v) is 5.34. The van der Waals surface area contributed by atoms with Crippen LogP contribution in [0.15, 0.2) is 77.1 Å². The number of nitriles is 3. The molecule has 0 fully saturated rings. The molecule has 1 aromatic rings. The van der Waals surface area contributed by atoms with Crippen LogP contribution in [0.4, 0.5) is 5.69 Å². The Morgan fingerprint density at radius 2 is 1.49 bits per heavy atom. The fraction of sp³-hybridized carbons (Fsp3) is 0.321. The minimum atomic E-state index is -0.818. The summed E-state index contributed by atoms with van der Waals surface area (Å²) in [6, 6.07) is 13.9. The molecule has 0 aromatic heterocycles. The van der Waals surface area contributed by atoms with E-state index >= 15 is 0 Å². The van der Waals surface area contributed by atoms with E-state index in [9.17, 15) is 5.26 Å². The zero-order chi connectivity index (χ0) is 25.7. The standard InChI is InChI=1S/C28H30N4O3/c1-28(2)26(25(21-31)27(35-28)23(19-29)20-30)10-8-6-5-7-9-22-11-13-24(14-12-22)32(15-17-33-3)16-18-34-4/h5-14H,15-18H2,1-4H3/b6-5+,9-7+,10-8+. The van der Waals surface area contributed by atoms with Crippen molar-refractivity contribution >= 4 is 11.8 Å². The van der Waals surface area contributed by atoms with E-state index in [4.69, 9.17) is 24.7 Å².